The summed E-state index contributed by atoms with van der Waals surface area (Å²) in [5.41, 5.74) is 1.20. The van der Waals surface area contributed by atoms with Gasteiger partial charge in [0.05, 0.1) is 18.2 Å². The van der Waals surface area contributed by atoms with Crippen molar-refractivity contribution in [2.75, 3.05) is 0 Å². The molecule has 0 saturated heterocycles. The van der Waals surface area contributed by atoms with Crippen molar-refractivity contribution in [3.8, 4) is 0 Å². The summed E-state index contributed by atoms with van der Waals surface area (Å²) in [7, 11) is 0. The van der Waals surface area contributed by atoms with Gasteiger partial charge in [0.15, 0.2) is 0 Å². The topological polar surface area (TPSA) is 34.9 Å². The lowest BCUT2D eigenvalue weighted by molar-refractivity contribution is -0.120. The molecule has 2 fully saturated rings. The highest BCUT2D eigenvalue weighted by atomic mass is 16.1. The molecule has 0 bridgehead atoms. The third kappa shape index (κ3) is 2.75. The lowest BCUT2D eigenvalue weighted by Gasteiger charge is -2.21. The van der Waals surface area contributed by atoms with E-state index in [1.807, 2.05) is 6.07 Å². The zero-order valence-electron chi connectivity index (χ0n) is 12.1. The fourth-order valence-corrected chi connectivity index (χ4v) is 3.34. The summed E-state index contributed by atoms with van der Waals surface area (Å²) in [5, 5.41) is 4.63. The summed E-state index contributed by atoms with van der Waals surface area (Å²) in [6, 6.07) is 2.59. The van der Waals surface area contributed by atoms with Crippen LogP contribution in [-0.2, 0) is 11.2 Å². The Morgan fingerprint density at radius 3 is 2.68 bits per heavy atom. The highest BCUT2D eigenvalue weighted by Gasteiger charge is 2.49. The molecule has 19 heavy (non-hydrogen) atoms. The second-order valence-electron chi connectivity index (χ2n) is 6.97. The van der Waals surface area contributed by atoms with Crippen molar-refractivity contribution < 1.29 is 4.79 Å². The van der Waals surface area contributed by atoms with Crippen LogP contribution in [0.3, 0.4) is 0 Å². The number of aromatic nitrogens is 2. The molecule has 1 atom stereocenters. The lowest BCUT2D eigenvalue weighted by Crippen LogP contribution is -2.14. The summed E-state index contributed by atoms with van der Waals surface area (Å²) < 4.78 is 2.10. The average Bonchev–Trinajstić information content (AvgIpc) is 2.84. The molecular formula is C16H24N2O. The van der Waals surface area contributed by atoms with Crippen LogP contribution in [-0.4, -0.2) is 15.6 Å². The largest absolute Gasteiger partial charge is 0.299 e. The Morgan fingerprint density at radius 1 is 1.37 bits per heavy atom. The van der Waals surface area contributed by atoms with Crippen LogP contribution in [0.2, 0.25) is 0 Å². The SMILES string of the molecule is CC1(C)CC1C(=O)Cc1ccn(C2CCCCC2)n1. The van der Waals surface area contributed by atoms with Crippen LogP contribution < -0.4 is 0 Å². The third-order valence-corrected chi connectivity index (χ3v) is 4.87. The van der Waals surface area contributed by atoms with E-state index >= 15 is 0 Å². The number of carbonyl (C=O) groups is 1. The molecule has 3 rings (SSSR count). The Bertz CT molecular complexity index is 469. The van der Waals surface area contributed by atoms with Crippen molar-refractivity contribution in [2.45, 2.75) is 64.8 Å². The Hall–Kier alpha value is -1.12. The predicted octanol–water partition coefficient (Wildman–Crippen LogP) is 3.55. The Balaban J connectivity index is 1.60. The maximum atomic E-state index is 12.1. The first kappa shape index (κ1) is 12.9. The van der Waals surface area contributed by atoms with Crippen LogP contribution >= 0.6 is 0 Å². The number of rotatable bonds is 4. The van der Waals surface area contributed by atoms with E-state index in [1.54, 1.807) is 0 Å². The molecule has 0 amide bonds. The minimum Gasteiger partial charge on any atom is -0.299 e. The van der Waals surface area contributed by atoms with Gasteiger partial charge in [0, 0.05) is 12.1 Å². The van der Waals surface area contributed by atoms with Gasteiger partial charge in [-0.2, -0.15) is 5.10 Å². The van der Waals surface area contributed by atoms with Gasteiger partial charge in [-0.3, -0.25) is 9.48 Å². The van der Waals surface area contributed by atoms with E-state index in [4.69, 9.17) is 0 Å². The molecule has 1 heterocycles. The molecule has 2 saturated carbocycles. The molecule has 0 aromatic carbocycles. The Kier molecular flexibility index (Phi) is 3.23. The monoisotopic (exact) mass is 260 g/mol. The number of Topliss-reactive ketones (excluding diaryl/α,β-unsaturated/α-hetero) is 1. The Morgan fingerprint density at radius 2 is 2.05 bits per heavy atom. The van der Waals surface area contributed by atoms with Crippen molar-refractivity contribution >= 4 is 5.78 Å². The van der Waals surface area contributed by atoms with Gasteiger partial charge in [-0.25, -0.2) is 0 Å². The van der Waals surface area contributed by atoms with Crippen LogP contribution in [0.15, 0.2) is 12.3 Å². The van der Waals surface area contributed by atoms with Crippen molar-refractivity contribution in [3.63, 3.8) is 0 Å². The second-order valence-corrected chi connectivity index (χ2v) is 6.97. The standard InChI is InChI=1S/C16H24N2O/c1-16(2)11-14(16)15(19)10-12-8-9-18(17-12)13-6-4-3-5-7-13/h8-9,13-14H,3-7,10-11H2,1-2H3. The summed E-state index contributed by atoms with van der Waals surface area (Å²) in [5.74, 6) is 0.645. The number of ketones is 1. The lowest BCUT2D eigenvalue weighted by atomic mass is 9.96. The summed E-state index contributed by atoms with van der Waals surface area (Å²) >= 11 is 0. The molecule has 2 aliphatic carbocycles. The van der Waals surface area contributed by atoms with Crippen LogP contribution in [0.1, 0.15) is 64.1 Å². The maximum absolute atomic E-state index is 12.1. The molecule has 0 spiro atoms. The fraction of sp³-hybridized carbons (Fsp3) is 0.750. The molecule has 1 unspecified atom stereocenters. The highest BCUT2D eigenvalue weighted by Crippen LogP contribution is 2.52. The van der Waals surface area contributed by atoms with Crippen molar-refractivity contribution in [3.05, 3.63) is 18.0 Å². The van der Waals surface area contributed by atoms with E-state index < -0.39 is 0 Å². The molecule has 1 aromatic rings. The average molecular weight is 260 g/mol. The van der Waals surface area contributed by atoms with Gasteiger partial charge in [-0.15, -0.1) is 0 Å². The van der Waals surface area contributed by atoms with E-state index in [1.165, 1.54) is 32.1 Å². The van der Waals surface area contributed by atoms with E-state index in [9.17, 15) is 4.79 Å². The van der Waals surface area contributed by atoms with Gasteiger partial charge in [-0.05, 0) is 30.7 Å². The third-order valence-electron chi connectivity index (χ3n) is 4.87. The first-order chi connectivity index (χ1) is 9.06. The quantitative estimate of drug-likeness (QED) is 0.830. The van der Waals surface area contributed by atoms with Crippen molar-refractivity contribution in [2.24, 2.45) is 11.3 Å². The van der Waals surface area contributed by atoms with Crippen LogP contribution in [0.5, 0.6) is 0 Å². The van der Waals surface area contributed by atoms with Crippen LogP contribution in [0.4, 0.5) is 0 Å². The molecule has 0 aliphatic heterocycles. The highest BCUT2D eigenvalue weighted by molar-refractivity contribution is 5.86. The zero-order valence-corrected chi connectivity index (χ0v) is 12.1. The first-order valence-corrected chi connectivity index (χ1v) is 7.63. The number of hydrogen-bond donors (Lipinski definition) is 0. The summed E-state index contributed by atoms with van der Waals surface area (Å²) in [4.78, 5) is 12.1. The number of carbonyl (C=O) groups excluding carboxylic acids is 1. The smallest absolute Gasteiger partial charge is 0.142 e. The number of hydrogen-bond acceptors (Lipinski definition) is 2. The van der Waals surface area contributed by atoms with Gasteiger partial charge in [0.1, 0.15) is 5.78 Å². The molecule has 3 nitrogen and oxygen atoms in total. The van der Waals surface area contributed by atoms with Gasteiger partial charge in [-0.1, -0.05) is 33.1 Å². The molecular weight excluding hydrogens is 236 g/mol. The predicted molar refractivity (Wildman–Crippen MR) is 74.9 cm³/mol. The molecule has 0 N–H and O–H groups in total. The Labute approximate surface area is 115 Å². The van der Waals surface area contributed by atoms with E-state index in [0.717, 1.165) is 12.1 Å². The molecule has 0 radical (unpaired) electrons. The number of nitrogens with zero attached hydrogens (tertiary/aromatic N) is 2. The molecule has 104 valence electrons. The molecule has 1 aromatic heterocycles. The van der Waals surface area contributed by atoms with E-state index in [0.29, 0.717) is 18.2 Å². The molecule has 3 heteroatoms. The van der Waals surface area contributed by atoms with E-state index in [2.05, 4.69) is 29.8 Å². The summed E-state index contributed by atoms with van der Waals surface area (Å²) in [6.07, 6.45) is 10.1. The summed E-state index contributed by atoms with van der Waals surface area (Å²) in [6.45, 7) is 4.35. The van der Waals surface area contributed by atoms with E-state index in [-0.39, 0.29) is 11.3 Å². The zero-order chi connectivity index (χ0) is 13.5. The first-order valence-electron chi connectivity index (χ1n) is 7.63. The fourth-order valence-electron chi connectivity index (χ4n) is 3.34. The van der Waals surface area contributed by atoms with Crippen molar-refractivity contribution in [1.29, 1.82) is 0 Å². The normalized spacial score (nSPS) is 26.3. The van der Waals surface area contributed by atoms with Crippen LogP contribution in [0, 0.1) is 11.3 Å². The molecule has 2 aliphatic rings. The maximum Gasteiger partial charge on any atom is 0.142 e. The minimum atomic E-state index is 0.239. The van der Waals surface area contributed by atoms with Gasteiger partial charge in [0.2, 0.25) is 0 Å². The van der Waals surface area contributed by atoms with Crippen molar-refractivity contribution in [1.82, 2.24) is 9.78 Å². The second kappa shape index (κ2) is 4.77. The van der Waals surface area contributed by atoms with Gasteiger partial charge in [0.25, 0.3) is 0 Å². The van der Waals surface area contributed by atoms with Gasteiger partial charge >= 0.3 is 0 Å². The van der Waals surface area contributed by atoms with Crippen LogP contribution in [0.25, 0.3) is 0 Å². The van der Waals surface area contributed by atoms with Gasteiger partial charge < -0.3 is 0 Å². The minimum absolute atomic E-state index is 0.239.